The average Bonchev–Trinajstić information content (AvgIpc) is 3.44. The van der Waals surface area contributed by atoms with Crippen molar-refractivity contribution >= 4 is 23.7 Å². The number of guanidine groups is 2. The maximum atomic E-state index is 13.6. The number of nitrogens with one attached hydrogen (secondary N) is 3. The number of aliphatic hydroxyl groups is 2. The number of amides is 2. The minimum Gasteiger partial charge on any atom is -0.496 e. The van der Waals surface area contributed by atoms with Gasteiger partial charge in [-0.3, -0.25) is 9.59 Å². The molecule has 0 bridgehead atoms. The quantitative estimate of drug-likeness (QED) is 0.203. The summed E-state index contributed by atoms with van der Waals surface area (Å²) in [5.41, 5.74) is 12.0. The maximum Gasteiger partial charge on any atom is 0.255 e. The van der Waals surface area contributed by atoms with Crippen molar-refractivity contribution in [2.75, 3.05) is 26.8 Å². The van der Waals surface area contributed by atoms with Gasteiger partial charge in [-0.25, -0.2) is 9.98 Å². The molecule has 0 saturated carbocycles. The molecule has 4 heterocycles. The Bertz CT molecular complexity index is 1540. The highest BCUT2D eigenvalue weighted by atomic mass is 16.5. The molecule has 6 rings (SSSR count). The number of carbonyl (C=O) groups excluding carboxylic acids is 2. The number of ether oxygens (including phenoxy) is 2. The van der Waals surface area contributed by atoms with E-state index in [1.165, 1.54) is 12.0 Å². The first kappa shape index (κ1) is 28.6. The van der Waals surface area contributed by atoms with E-state index < -0.39 is 41.4 Å². The lowest BCUT2D eigenvalue weighted by atomic mass is 9.79. The topological polar surface area (TPSA) is 209 Å². The Labute approximate surface area is 248 Å². The summed E-state index contributed by atoms with van der Waals surface area (Å²) in [6.45, 7) is 4.47. The van der Waals surface area contributed by atoms with Crippen LogP contribution in [0.2, 0.25) is 0 Å². The van der Waals surface area contributed by atoms with Gasteiger partial charge in [-0.05, 0) is 30.0 Å². The fourth-order valence-corrected chi connectivity index (χ4v) is 6.56. The first-order valence-corrected chi connectivity index (χ1v) is 14.1. The molecule has 43 heavy (non-hydrogen) atoms. The summed E-state index contributed by atoms with van der Waals surface area (Å²) in [6.07, 6.45) is 0.801. The second-order valence-corrected chi connectivity index (χ2v) is 11.8. The highest BCUT2D eigenvalue weighted by Crippen LogP contribution is 2.45. The number of hydrogen-bond donors (Lipinski definition) is 7. The summed E-state index contributed by atoms with van der Waals surface area (Å²) in [5, 5.41) is 32.0. The molecule has 14 nitrogen and oxygen atoms in total. The molecule has 4 atom stereocenters. The highest BCUT2D eigenvalue weighted by molar-refractivity contribution is 5.98. The maximum absolute atomic E-state index is 13.6. The molecule has 1 saturated heterocycles. The smallest absolute Gasteiger partial charge is 0.255 e. The monoisotopic (exact) mass is 592 g/mol. The van der Waals surface area contributed by atoms with Crippen molar-refractivity contribution in [2.24, 2.45) is 21.5 Å². The fourth-order valence-electron chi connectivity index (χ4n) is 6.56. The molecule has 14 heteroatoms. The lowest BCUT2D eigenvalue weighted by Crippen LogP contribution is -2.78. The predicted octanol–water partition coefficient (Wildman–Crippen LogP) is -1.04. The molecule has 2 aromatic rings. The van der Waals surface area contributed by atoms with Crippen LogP contribution in [-0.2, 0) is 5.41 Å². The number of methoxy groups -OCH3 is 1. The molecule has 1 fully saturated rings. The van der Waals surface area contributed by atoms with Crippen molar-refractivity contribution in [1.29, 1.82) is 0 Å². The van der Waals surface area contributed by atoms with E-state index in [0.717, 1.165) is 12.0 Å². The van der Waals surface area contributed by atoms with Crippen molar-refractivity contribution in [3.63, 3.8) is 0 Å². The molecule has 4 aliphatic heterocycles. The van der Waals surface area contributed by atoms with Crippen LogP contribution in [0.15, 0.2) is 52.4 Å². The summed E-state index contributed by atoms with van der Waals surface area (Å²) in [7, 11) is 1.47. The second kappa shape index (κ2) is 10.0. The normalized spacial score (nSPS) is 27.7. The van der Waals surface area contributed by atoms with E-state index in [2.05, 4.69) is 39.8 Å². The summed E-state index contributed by atoms with van der Waals surface area (Å²) < 4.78 is 11.2. The van der Waals surface area contributed by atoms with E-state index in [1.54, 1.807) is 36.4 Å². The van der Waals surface area contributed by atoms with Gasteiger partial charge in [0.15, 0.2) is 17.6 Å². The molecule has 9 N–H and O–H groups in total. The van der Waals surface area contributed by atoms with Gasteiger partial charge in [0.05, 0.1) is 30.9 Å². The molecule has 2 amide bonds. The lowest BCUT2D eigenvalue weighted by molar-refractivity contribution is -0.230. The summed E-state index contributed by atoms with van der Waals surface area (Å²) >= 11 is 0. The van der Waals surface area contributed by atoms with E-state index >= 15 is 0 Å². The average molecular weight is 593 g/mol. The molecule has 2 aromatic carbocycles. The van der Waals surface area contributed by atoms with Crippen molar-refractivity contribution in [1.82, 2.24) is 20.9 Å². The molecule has 0 radical (unpaired) electrons. The first-order chi connectivity index (χ1) is 20.4. The summed E-state index contributed by atoms with van der Waals surface area (Å²) in [5.74, 6) is -2.81. The van der Waals surface area contributed by atoms with Gasteiger partial charge in [0.2, 0.25) is 5.79 Å². The number of nitrogens with two attached hydrogens (primary N) is 2. The van der Waals surface area contributed by atoms with E-state index in [4.69, 9.17) is 20.9 Å². The Kier molecular flexibility index (Phi) is 6.65. The Morgan fingerprint density at radius 2 is 1.86 bits per heavy atom. The molecule has 1 spiro atoms. The highest BCUT2D eigenvalue weighted by Gasteiger charge is 2.73. The van der Waals surface area contributed by atoms with E-state index in [9.17, 15) is 19.8 Å². The third-order valence-electron chi connectivity index (χ3n) is 8.89. The number of nitrogens with zero attached hydrogens (tertiary/aromatic N) is 3. The Balaban J connectivity index is 1.26. The third kappa shape index (κ3) is 4.31. The number of carbonyl (C=O) groups is 2. The number of benzene rings is 2. The van der Waals surface area contributed by atoms with Gasteiger partial charge in [0, 0.05) is 18.7 Å². The van der Waals surface area contributed by atoms with Crippen LogP contribution < -0.4 is 36.9 Å². The molecule has 4 aliphatic rings. The minimum absolute atomic E-state index is 0.0309. The molecule has 0 aromatic heterocycles. The van der Waals surface area contributed by atoms with Gasteiger partial charge in [-0.2, -0.15) is 0 Å². The van der Waals surface area contributed by atoms with E-state index in [1.807, 2.05) is 6.07 Å². The summed E-state index contributed by atoms with van der Waals surface area (Å²) in [6, 6.07) is 9.06. The van der Waals surface area contributed by atoms with E-state index in [-0.39, 0.29) is 36.0 Å². The number of rotatable bonds is 6. The van der Waals surface area contributed by atoms with Crippen molar-refractivity contribution in [3.05, 3.63) is 59.2 Å². The van der Waals surface area contributed by atoms with Crippen molar-refractivity contribution in [2.45, 2.75) is 55.3 Å². The van der Waals surface area contributed by atoms with Crippen LogP contribution in [0.5, 0.6) is 11.5 Å². The zero-order valence-electron chi connectivity index (χ0n) is 24.1. The standard InChI is InChI=1S/C29H36N8O6/c1-27(2)11-12-43-21-16(8-6-9-17(21)27)24(39)34-20-14-37-26(31)33-18(22-28(37,29(20,40)41)36-25(30)35-22)13-32-23(38)15-7-4-5-10-19(15)42-3/h4-10,18,20,22,40-41H,11-14H2,1-3H3,(H2,31,33)(H,32,38)(H,34,39)(H3,30,35,36)/t18-,20?,22?,28?/m0/s1. The van der Waals surface area contributed by atoms with Crippen molar-refractivity contribution in [3.8, 4) is 11.5 Å². The summed E-state index contributed by atoms with van der Waals surface area (Å²) in [4.78, 5) is 37.0. The fraction of sp³-hybridized carbons (Fsp3) is 0.448. The first-order valence-electron chi connectivity index (χ1n) is 14.1. The Morgan fingerprint density at radius 3 is 2.63 bits per heavy atom. The van der Waals surface area contributed by atoms with Crippen LogP contribution in [0.4, 0.5) is 0 Å². The van der Waals surface area contributed by atoms with Crippen LogP contribution in [0.25, 0.3) is 0 Å². The number of aliphatic imine (C=N–C) groups is 2. The van der Waals surface area contributed by atoms with Crippen LogP contribution in [0.3, 0.4) is 0 Å². The zero-order chi connectivity index (χ0) is 30.7. The lowest BCUT2D eigenvalue weighted by Gasteiger charge is -2.49. The van der Waals surface area contributed by atoms with Gasteiger partial charge in [-0.1, -0.05) is 38.1 Å². The van der Waals surface area contributed by atoms with Crippen LogP contribution in [-0.4, -0.2) is 95.2 Å². The van der Waals surface area contributed by atoms with Crippen LogP contribution in [0.1, 0.15) is 46.5 Å². The largest absolute Gasteiger partial charge is 0.496 e. The number of fused-ring (bicyclic) bond motifs is 1. The SMILES string of the molecule is COc1ccccc1C(=O)NC[C@@H]1N=C(N)N2CC(NC(=O)c3cccc4c3OCCC4(C)C)C(O)(O)C23NC(N)=NC13. The number of hydrogen-bond acceptors (Lipinski definition) is 12. The molecular formula is C29H36N8O6. The van der Waals surface area contributed by atoms with Crippen LogP contribution >= 0.6 is 0 Å². The van der Waals surface area contributed by atoms with Gasteiger partial charge in [0.25, 0.3) is 11.8 Å². The van der Waals surface area contributed by atoms with Crippen LogP contribution in [0, 0.1) is 0 Å². The molecule has 3 unspecified atom stereocenters. The zero-order valence-corrected chi connectivity index (χ0v) is 24.1. The molecule has 0 aliphatic carbocycles. The Hall–Kier alpha value is -4.56. The van der Waals surface area contributed by atoms with Gasteiger partial charge in [-0.15, -0.1) is 0 Å². The third-order valence-corrected chi connectivity index (χ3v) is 8.89. The van der Waals surface area contributed by atoms with Gasteiger partial charge < -0.3 is 52.0 Å². The second-order valence-electron chi connectivity index (χ2n) is 11.8. The van der Waals surface area contributed by atoms with Gasteiger partial charge in [0.1, 0.15) is 23.6 Å². The van der Waals surface area contributed by atoms with Gasteiger partial charge >= 0.3 is 0 Å². The van der Waals surface area contributed by atoms with Crippen molar-refractivity contribution < 1.29 is 29.3 Å². The minimum atomic E-state index is -2.63. The predicted molar refractivity (Wildman–Crippen MR) is 157 cm³/mol. The molecule has 228 valence electrons. The number of para-hydroxylation sites is 2. The molecular weight excluding hydrogens is 556 g/mol. The van der Waals surface area contributed by atoms with E-state index in [0.29, 0.717) is 23.7 Å². The Morgan fingerprint density at radius 1 is 1.12 bits per heavy atom.